The number of nitro groups is 1. The summed E-state index contributed by atoms with van der Waals surface area (Å²) < 4.78 is 0. The molecule has 0 bridgehead atoms. The summed E-state index contributed by atoms with van der Waals surface area (Å²) in [7, 11) is 0. The second-order valence-electron chi connectivity index (χ2n) is 6.60. The van der Waals surface area contributed by atoms with Crippen LogP contribution < -0.4 is 15.5 Å². The van der Waals surface area contributed by atoms with Crippen LogP contribution in [-0.4, -0.2) is 48.0 Å². The lowest BCUT2D eigenvalue weighted by atomic mass is 9.97. The second kappa shape index (κ2) is 7.97. The summed E-state index contributed by atoms with van der Waals surface area (Å²) in [4.78, 5) is 28.6. The van der Waals surface area contributed by atoms with Crippen molar-refractivity contribution in [3.63, 3.8) is 0 Å². The number of nitrogens with zero attached hydrogens (tertiary/aromatic N) is 3. The van der Waals surface area contributed by atoms with E-state index in [4.69, 9.17) is 11.6 Å². The van der Waals surface area contributed by atoms with Gasteiger partial charge in [0.2, 0.25) is 5.91 Å². The van der Waals surface area contributed by atoms with Crippen molar-refractivity contribution in [1.29, 1.82) is 0 Å². The highest BCUT2D eigenvalue weighted by molar-refractivity contribution is 6.33. The first-order valence-corrected chi connectivity index (χ1v) is 8.98. The molecule has 2 atom stereocenters. The van der Waals surface area contributed by atoms with Crippen LogP contribution in [0.1, 0.15) is 25.7 Å². The van der Waals surface area contributed by atoms with Gasteiger partial charge in [0.1, 0.15) is 12.0 Å². The van der Waals surface area contributed by atoms with E-state index in [-0.39, 0.29) is 22.7 Å². The molecule has 2 unspecified atom stereocenters. The number of anilines is 1. The summed E-state index contributed by atoms with van der Waals surface area (Å²) in [6, 6.07) is 1.27. The van der Waals surface area contributed by atoms with Crippen LogP contribution in [0.3, 0.4) is 0 Å². The van der Waals surface area contributed by atoms with Gasteiger partial charge in [-0.05, 0) is 38.1 Å². The van der Waals surface area contributed by atoms with Gasteiger partial charge in [-0.1, -0.05) is 11.6 Å². The number of amides is 1. The molecule has 2 saturated heterocycles. The van der Waals surface area contributed by atoms with Gasteiger partial charge >= 0.3 is 0 Å². The van der Waals surface area contributed by atoms with Crippen LogP contribution in [0, 0.1) is 16.0 Å². The molecule has 0 spiro atoms. The maximum atomic E-state index is 12.1. The first-order chi connectivity index (χ1) is 12.0. The van der Waals surface area contributed by atoms with E-state index in [1.165, 1.54) is 12.3 Å². The molecular formula is C16H22ClN5O3. The quantitative estimate of drug-likeness (QED) is 0.607. The van der Waals surface area contributed by atoms with Gasteiger partial charge in [0.25, 0.3) is 5.69 Å². The Bertz CT molecular complexity index is 651. The molecule has 1 aromatic rings. The molecule has 2 aliphatic rings. The van der Waals surface area contributed by atoms with Crippen LogP contribution in [0.5, 0.6) is 0 Å². The lowest BCUT2D eigenvalue weighted by molar-refractivity contribution is -0.385. The zero-order chi connectivity index (χ0) is 17.8. The molecule has 9 heteroatoms. The number of halogens is 1. The predicted octanol–water partition coefficient (Wildman–Crippen LogP) is 1.73. The van der Waals surface area contributed by atoms with Gasteiger partial charge in [-0.2, -0.15) is 0 Å². The van der Waals surface area contributed by atoms with Crippen molar-refractivity contribution < 1.29 is 9.72 Å². The molecule has 25 heavy (non-hydrogen) atoms. The smallest absolute Gasteiger partial charge is 0.289 e. The molecule has 3 rings (SSSR count). The Morgan fingerprint density at radius 2 is 2.32 bits per heavy atom. The molecule has 0 radical (unpaired) electrons. The van der Waals surface area contributed by atoms with Crippen molar-refractivity contribution in [1.82, 2.24) is 15.6 Å². The molecule has 1 aromatic heterocycles. The Kier molecular flexibility index (Phi) is 5.70. The summed E-state index contributed by atoms with van der Waals surface area (Å²) in [5.74, 6) is 0.953. The standard InChI is InChI=1S/C16H22ClN5O3/c17-13-7-12(22(24)25)9-19-15(13)21-6-2-3-11(10-21)8-20-16(23)14-4-1-5-18-14/h7,9,11,14,18H,1-6,8,10H2,(H,20,23). The van der Waals surface area contributed by atoms with Crippen molar-refractivity contribution in [2.24, 2.45) is 5.92 Å². The van der Waals surface area contributed by atoms with Crippen LogP contribution >= 0.6 is 11.6 Å². The van der Waals surface area contributed by atoms with Crippen molar-refractivity contribution in [2.45, 2.75) is 31.7 Å². The van der Waals surface area contributed by atoms with Gasteiger partial charge in [0.15, 0.2) is 0 Å². The van der Waals surface area contributed by atoms with Gasteiger partial charge in [0.05, 0.1) is 16.0 Å². The van der Waals surface area contributed by atoms with E-state index >= 15 is 0 Å². The largest absolute Gasteiger partial charge is 0.355 e. The third-order valence-corrected chi connectivity index (χ3v) is 5.06. The zero-order valence-corrected chi connectivity index (χ0v) is 14.7. The van der Waals surface area contributed by atoms with E-state index in [0.29, 0.717) is 18.3 Å². The van der Waals surface area contributed by atoms with Gasteiger partial charge < -0.3 is 15.5 Å². The Morgan fingerprint density at radius 3 is 3.00 bits per heavy atom. The molecule has 136 valence electrons. The van der Waals surface area contributed by atoms with Crippen LogP contribution in [0.4, 0.5) is 11.5 Å². The third kappa shape index (κ3) is 4.38. The fourth-order valence-corrected chi connectivity index (χ4v) is 3.73. The van der Waals surface area contributed by atoms with Crippen molar-refractivity contribution >= 4 is 29.0 Å². The van der Waals surface area contributed by atoms with E-state index in [1.54, 1.807) is 0 Å². The lowest BCUT2D eigenvalue weighted by Gasteiger charge is -2.34. The fraction of sp³-hybridized carbons (Fsp3) is 0.625. The molecule has 2 fully saturated rings. The SMILES string of the molecule is O=C(NCC1CCCN(c2ncc([N+](=O)[O-])cc2Cl)C1)C1CCCN1. The number of aromatic nitrogens is 1. The number of piperidine rings is 1. The number of nitrogens with one attached hydrogen (secondary N) is 2. The summed E-state index contributed by atoms with van der Waals surface area (Å²) >= 11 is 6.18. The highest BCUT2D eigenvalue weighted by Crippen LogP contribution is 2.30. The van der Waals surface area contributed by atoms with Crippen LogP contribution in [0.15, 0.2) is 12.3 Å². The molecule has 0 aliphatic carbocycles. The lowest BCUT2D eigenvalue weighted by Crippen LogP contribution is -2.45. The number of carbonyl (C=O) groups is 1. The highest BCUT2D eigenvalue weighted by atomic mass is 35.5. The number of rotatable bonds is 5. The van der Waals surface area contributed by atoms with E-state index in [0.717, 1.165) is 45.3 Å². The number of pyridine rings is 1. The summed E-state index contributed by atoms with van der Waals surface area (Å²) in [5.41, 5.74) is -0.112. The molecule has 0 aromatic carbocycles. The topological polar surface area (TPSA) is 100 Å². The first kappa shape index (κ1) is 17.9. The van der Waals surface area contributed by atoms with Crippen molar-refractivity contribution in [3.8, 4) is 0 Å². The normalized spacial score (nSPS) is 23.5. The van der Waals surface area contributed by atoms with Crippen molar-refractivity contribution in [3.05, 3.63) is 27.4 Å². The van der Waals surface area contributed by atoms with E-state index < -0.39 is 4.92 Å². The van der Waals surface area contributed by atoms with E-state index in [2.05, 4.69) is 15.6 Å². The monoisotopic (exact) mass is 367 g/mol. The molecule has 1 amide bonds. The van der Waals surface area contributed by atoms with E-state index in [1.807, 2.05) is 4.90 Å². The number of hydrogen-bond donors (Lipinski definition) is 2. The summed E-state index contributed by atoms with van der Waals surface area (Å²) in [6.45, 7) is 3.06. The van der Waals surface area contributed by atoms with Gasteiger partial charge in [0, 0.05) is 25.7 Å². The molecule has 3 heterocycles. The summed E-state index contributed by atoms with van der Waals surface area (Å²) in [6.07, 6.45) is 5.17. The predicted molar refractivity (Wildman–Crippen MR) is 94.9 cm³/mol. The molecule has 2 N–H and O–H groups in total. The zero-order valence-electron chi connectivity index (χ0n) is 13.9. The fourth-order valence-electron chi connectivity index (χ4n) is 3.45. The maximum absolute atomic E-state index is 12.1. The minimum Gasteiger partial charge on any atom is -0.355 e. The third-order valence-electron chi connectivity index (χ3n) is 4.78. The van der Waals surface area contributed by atoms with Crippen LogP contribution in [-0.2, 0) is 4.79 Å². The average molecular weight is 368 g/mol. The Morgan fingerprint density at radius 1 is 1.48 bits per heavy atom. The van der Waals surface area contributed by atoms with Gasteiger partial charge in [-0.25, -0.2) is 4.98 Å². The maximum Gasteiger partial charge on any atom is 0.289 e. The number of carbonyl (C=O) groups excluding carboxylic acids is 1. The molecule has 2 aliphatic heterocycles. The van der Waals surface area contributed by atoms with Crippen LogP contribution in [0.25, 0.3) is 0 Å². The summed E-state index contributed by atoms with van der Waals surface area (Å²) in [5, 5.41) is 17.3. The molecular weight excluding hydrogens is 346 g/mol. The van der Waals surface area contributed by atoms with Crippen molar-refractivity contribution in [2.75, 3.05) is 31.1 Å². The molecule has 8 nitrogen and oxygen atoms in total. The Balaban J connectivity index is 1.57. The number of hydrogen-bond acceptors (Lipinski definition) is 6. The Hall–Kier alpha value is -1.93. The highest BCUT2D eigenvalue weighted by Gasteiger charge is 2.26. The van der Waals surface area contributed by atoms with Gasteiger partial charge in [-0.3, -0.25) is 14.9 Å². The van der Waals surface area contributed by atoms with Crippen LogP contribution in [0.2, 0.25) is 5.02 Å². The Labute approximate surface area is 151 Å². The average Bonchev–Trinajstić information content (AvgIpc) is 3.14. The minimum atomic E-state index is -0.506. The minimum absolute atomic E-state index is 0.0644. The van der Waals surface area contributed by atoms with Gasteiger partial charge in [-0.15, -0.1) is 0 Å². The molecule has 0 saturated carbocycles. The van der Waals surface area contributed by atoms with E-state index in [9.17, 15) is 14.9 Å². The second-order valence-corrected chi connectivity index (χ2v) is 7.01. The first-order valence-electron chi connectivity index (χ1n) is 8.60.